The molecule has 2 heterocycles. The van der Waals surface area contributed by atoms with Gasteiger partial charge in [0.15, 0.2) is 0 Å². The van der Waals surface area contributed by atoms with E-state index in [9.17, 15) is 4.79 Å². The third-order valence-electron chi connectivity index (χ3n) is 7.06. The highest BCUT2D eigenvalue weighted by Gasteiger charge is 2.31. The van der Waals surface area contributed by atoms with Crippen LogP contribution in [0.4, 0.5) is 0 Å². The molecule has 0 spiro atoms. The van der Waals surface area contributed by atoms with Gasteiger partial charge in [-0.15, -0.1) is 0 Å². The topological polar surface area (TPSA) is 85.8 Å². The fraction of sp³-hybridized carbons (Fsp3) is 0.577. The third kappa shape index (κ3) is 6.40. The minimum atomic E-state index is -0.140. The van der Waals surface area contributed by atoms with Crippen molar-refractivity contribution in [2.75, 3.05) is 27.3 Å². The van der Waals surface area contributed by atoms with Crippen LogP contribution in [0.5, 0.6) is 11.9 Å². The van der Waals surface area contributed by atoms with Crippen molar-refractivity contribution < 1.29 is 19.0 Å². The van der Waals surface area contributed by atoms with E-state index in [1.807, 2.05) is 11.0 Å². The van der Waals surface area contributed by atoms with E-state index in [1.54, 1.807) is 26.2 Å². The van der Waals surface area contributed by atoms with Crippen molar-refractivity contribution in [3.8, 4) is 11.9 Å². The Morgan fingerprint density at radius 2 is 1.83 bits per heavy atom. The molecule has 1 N–H and O–H groups in total. The number of likely N-dealkylation sites (tertiary alicyclic amines) is 1. The van der Waals surface area contributed by atoms with E-state index >= 15 is 0 Å². The van der Waals surface area contributed by atoms with Crippen LogP contribution in [-0.4, -0.2) is 66.3 Å². The van der Waals surface area contributed by atoms with Crippen LogP contribution >= 0.6 is 23.2 Å². The average Bonchev–Trinajstić information content (AvgIpc) is 2.90. The molecular weight excluding hydrogens is 503 g/mol. The molecule has 1 saturated carbocycles. The van der Waals surface area contributed by atoms with Crippen molar-refractivity contribution in [2.45, 2.75) is 70.2 Å². The Kier molecular flexibility index (Phi) is 9.28. The first-order valence-corrected chi connectivity index (χ1v) is 13.2. The fourth-order valence-electron chi connectivity index (χ4n) is 4.97. The molecule has 2 fully saturated rings. The van der Waals surface area contributed by atoms with Gasteiger partial charge in [-0.25, -0.2) is 0 Å². The fourth-order valence-corrected chi connectivity index (χ4v) is 5.29. The summed E-state index contributed by atoms with van der Waals surface area (Å²) in [6.07, 6.45) is 6.76. The first kappa shape index (κ1) is 26.9. The predicted molar refractivity (Wildman–Crippen MR) is 139 cm³/mol. The lowest BCUT2D eigenvalue weighted by Crippen LogP contribution is -2.52. The monoisotopic (exact) mass is 536 g/mol. The van der Waals surface area contributed by atoms with E-state index < -0.39 is 0 Å². The van der Waals surface area contributed by atoms with Crippen LogP contribution in [0.3, 0.4) is 0 Å². The molecule has 196 valence electrons. The van der Waals surface area contributed by atoms with Gasteiger partial charge in [0.25, 0.3) is 5.91 Å². The van der Waals surface area contributed by atoms with Crippen LogP contribution < -0.4 is 14.8 Å². The summed E-state index contributed by atoms with van der Waals surface area (Å²) in [6.45, 7) is 3.32. The molecule has 1 aliphatic heterocycles. The van der Waals surface area contributed by atoms with Crippen molar-refractivity contribution in [2.24, 2.45) is 0 Å². The van der Waals surface area contributed by atoms with Crippen LogP contribution in [-0.2, 0) is 11.3 Å². The zero-order valence-electron chi connectivity index (χ0n) is 21.1. The van der Waals surface area contributed by atoms with E-state index in [0.717, 1.165) is 31.2 Å². The second-order valence-electron chi connectivity index (χ2n) is 9.42. The number of hydrogen-bond acceptors (Lipinski definition) is 7. The van der Waals surface area contributed by atoms with Gasteiger partial charge in [0.2, 0.25) is 5.88 Å². The maximum atomic E-state index is 13.4. The SMILES string of the molecule is COc1nc(OCc2ccc(Cl)c(Cl)c2)c(C)c(C(=O)N2CCC(N[C@H]3CCCC[C@H]3OC)CC2)n1. The molecule has 1 amide bonds. The van der Waals surface area contributed by atoms with Crippen LogP contribution in [0, 0.1) is 6.92 Å². The Labute approximate surface area is 222 Å². The van der Waals surface area contributed by atoms with Crippen LogP contribution in [0.2, 0.25) is 10.0 Å². The van der Waals surface area contributed by atoms with Crippen molar-refractivity contribution in [1.29, 1.82) is 0 Å². The number of rotatable bonds is 8. The Morgan fingerprint density at radius 1 is 1.08 bits per heavy atom. The van der Waals surface area contributed by atoms with Gasteiger partial charge in [-0.1, -0.05) is 42.1 Å². The lowest BCUT2D eigenvalue weighted by molar-refractivity contribution is 0.0329. The molecule has 1 aromatic carbocycles. The molecule has 2 atom stereocenters. The average molecular weight is 537 g/mol. The highest BCUT2D eigenvalue weighted by Crippen LogP contribution is 2.27. The normalized spacial score (nSPS) is 20.9. The van der Waals surface area contributed by atoms with E-state index in [2.05, 4.69) is 15.3 Å². The van der Waals surface area contributed by atoms with Crippen molar-refractivity contribution in [3.63, 3.8) is 0 Å². The highest BCUT2D eigenvalue weighted by molar-refractivity contribution is 6.42. The smallest absolute Gasteiger partial charge is 0.320 e. The quantitative estimate of drug-likeness (QED) is 0.516. The summed E-state index contributed by atoms with van der Waals surface area (Å²) in [5, 5.41) is 4.72. The number of nitrogens with zero attached hydrogens (tertiary/aromatic N) is 3. The molecule has 4 rings (SSSR count). The number of amides is 1. The number of nitrogens with one attached hydrogen (secondary N) is 1. The maximum Gasteiger partial charge on any atom is 0.320 e. The van der Waals surface area contributed by atoms with Crippen molar-refractivity contribution in [3.05, 3.63) is 45.1 Å². The summed E-state index contributed by atoms with van der Waals surface area (Å²) in [5.41, 5.74) is 1.70. The number of carbonyl (C=O) groups excluding carboxylic acids is 1. The second kappa shape index (κ2) is 12.4. The molecule has 0 unspecified atom stereocenters. The lowest BCUT2D eigenvalue weighted by atomic mass is 9.90. The summed E-state index contributed by atoms with van der Waals surface area (Å²) >= 11 is 12.1. The number of piperidine rings is 1. The number of benzene rings is 1. The van der Waals surface area contributed by atoms with Crippen LogP contribution in [0.25, 0.3) is 0 Å². The molecule has 0 radical (unpaired) electrons. The molecule has 8 nitrogen and oxygen atoms in total. The minimum absolute atomic E-state index is 0.0903. The van der Waals surface area contributed by atoms with Gasteiger partial charge in [0.1, 0.15) is 12.3 Å². The Balaban J connectivity index is 1.40. The summed E-state index contributed by atoms with van der Waals surface area (Å²) < 4.78 is 16.9. The summed E-state index contributed by atoms with van der Waals surface area (Å²) in [6, 6.07) is 6.14. The molecule has 10 heteroatoms. The number of aromatic nitrogens is 2. The Morgan fingerprint density at radius 3 is 2.53 bits per heavy atom. The summed E-state index contributed by atoms with van der Waals surface area (Å²) in [4.78, 5) is 24.0. The first-order valence-electron chi connectivity index (χ1n) is 12.5. The first-order chi connectivity index (χ1) is 17.4. The summed E-state index contributed by atoms with van der Waals surface area (Å²) in [7, 11) is 3.27. The number of carbonyl (C=O) groups is 1. The van der Waals surface area contributed by atoms with E-state index in [-0.39, 0.29) is 24.6 Å². The van der Waals surface area contributed by atoms with Crippen molar-refractivity contribution >= 4 is 29.1 Å². The molecule has 2 aliphatic rings. The van der Waals surface area contributed by atoms with E-state index in [1.165, 1.54) is 20.0 Å². The van der Waals surface area contributed by atoms with Gasteiger partial charge in [0.05, 0.1) is 23.3 Å². The molecule has 36 heavy (non-hydrogen) atoms. The van der Waals surface area contributed by atoms with Gasteiger partial charge in [-0.05, 0) is 50.3 Å². The molecular formula is C26H34Cl2N4O4. The van der Waals surface area contributed by atoms with Gasteiger partial charge in [-0.2, -0.15) is 9.97 Å². The lowest BCUT2D eigenvalue weighted by Gasteiger charge is -2.38. The zero-order valence-corrected chi connectivity index (χ0v) is 22.6. The van der Waals surface area contributed by atoms with Gasteiger partial charge in [0, 0.05) is 37.8 Å². The third-order valence-corrected chi connectivity index (χ3v) is 7.80. The van der Waals surface area contributed by atoms with Crippen LogP contribution in [0.1, 0.15) is 60.1 Å². The zero-order chi connectivity index (χ0) is 25.7. The number of halogens is 2. The molecule has 2 aromatic rings. The molecule has 1 aliphatic carbocycles. The number of methoxy groups -OCH3 is 2. The predicted octanol–water partition coefficient (Wildman–Crippen LogP) is 4.83. The second-order valence-corrected chi connectivity index (χ2v) is 10.2. The summed E-state index contributed by atoms with van der Waals surface area (Å²) in [5.74, 6) is 0.161. The van der Waals surface area contributed by atoms with Gasteiger partial charge >= 0.3 is 6.01 Å². The minimum Gasteiger partial charge on any atom is -0.472 e. The number of hydrogen-bond donors (Lipinski definition) is 1. The van der Waals surface area contributed by atoms with Gasteiger partial charge < -0.3 is 24.4 Å². The Bertz CT molecular complexity index is 1060. The van der Waals surface area contributed by atoms with Gasteiger partial charge in [-0.3, -0.25) is 4.79 Å². The van der Waals surface area contributed by atoms with E-state index in [4.69, 9.17) is 37.4 Å². The standard InChI is InChI=1S/C26H34Cl2N4O4/c1-16-23(30-26(35-3)31-24(16)36-15-17-8-9-19(27)20(28)14-17)25(33)32-12-10-18(11-13-32)29-21-6-4-5-7-22(21)34-2/h8-9,14,18,21-22,29H,4-7,10-13,15H2,1-3H3/t21-,22+/m0/s1. The largest absolute Gasteiger partial charge is 0.472 e. The molecule has 1 saturated heterocycles. The molecule has 0 bridgehead atoms. The highest BCUT2D eigenvalue weighted by atomic mass is 35.5. The van der Waals surface area contributed by atoms with Crippen molar-refractivity contribution in [1.82, 2.24) is 20.2 Å². The van der Waals surface area contributed by atoms with Crippen LogP contribution in [0.15, 0.2) is 18.2 Å². The maximum absolute atomic E-state index is 13.4. The van der Waals surface area contributed by atoms with E-state index in [0.29, 0.717) is 52.4 Å². The number of ether oxygens (including phenoxy) is 3. The molecule has 1 aromatic heterocycles. The Hall–Kier alpha value is -2.13.